The van der Waals surface area contributed by atoms with Crippen molar-refractivity contribution in [3.63, 3.8) is 0 Å². The third-order valence-corrected chi connectivity index (χ3v) is 18.2. The van der Waals surface area contributed by atoms with Crippen LogP contribution in [0.2, 0.25) is 5.54 Å². The SMILES string of the molecule is CCO[Si](OCC)(OCC)C(C)C(N)([Si](OCC)(OCC)OCC)[Si](OCC)(OCC)OCC. The molecule has 0 aromatic heterocycles. The fraction of sp³-hybridized carbons (Fsp3) is 1.00. The molecule has 0 radical (unpaired) electrons. The van der Waals surface area contributed by atoms with Gasteiger partial charge in [0.15, 0.2) is 4.79 Å². The summed E-state index contributed by atoms with van der Waals surface area (Å²) in [4.78, 5) is -1.49. The van der Waals surface area contributed by atoms with Crippen molar-refractivity contribution >= 4 is 26.4 Å². The van der Waals surface area contributed by atoms with Crippen molar-refractivity contribution < 1.29 is 39.8 Å². The van der Waals surface area contributed by atoms with Gasteiger partial charge in [0.05, 0.1) is 5.54 Å². The lowest BCUT2D eigenvalue weighted by Gasteiger charge is -2.53. The lowest BCUT2D eigenvalue weighted by molar-refractivity contribution is -0.00140. The second-order valence-corrected chi connectivity index (χ2v) is 16.3. The molecular formula is C21H51NO9Si3. The van der Waals surface area contributed by atoms with E-state index >= 15 is 0 Å². The smallest absolute Gasteiger partial charge is 0.374 e. The first-order valence-electron chi connectivity index (χ1n) is 12.7. The summed E-state index contributed by atoms with van der Waals surface area (Å²) >= 11 is 0. The number of rotatable bonds is 22. The number of hydrogen-bond acceptors (Lipinski definition) is 10. The highest BCUT2D eigenvalue weighted by Gasteiger charge is 2.81. The molecule has 0 amide bonds. The fourth-order valence-electron chi connectivity index (χ4n) is 4.21. The molecule has 2 N–H and O–H groups in total. The average molecular weight is 546 g/mol. The Kier molecular flexibility index (Phi) is 17.0. The van der Waals surface area contributed by atoms with Crippen LogP contribution in [0.4, 0.5) is 0 Å². The van der Waals surface area contributed by atoms with Crippen LogP contribution in [0.25, 0.3) is 0 Å². The Bertz CT molecular complexity index is 457. The van der Waals surface area contributed by atoms with Crippen molar-refractivity contribution in [1.29, 1.82) is 0 Å². The monoisotopic (exact) mass is 545 g/mol. The molecule has 0 rings (SSSR count). The summed E-state index contributed by atoms with van der Waals surface area (Å²) in [5, 5.41) is 0. The van der Waals surface area contributed by atoms with Gasteiger partial charge in [0.2, 0.25) is 0 Å². The second-order valence-electron chi connectivity index (χ2n) is 7.20. The van der Waals surface area contributed by atoms with Crippen LogP contribution in [0.15, 0.2) is 0 Å². The van der Waals surface area contributed by atoms with Crippen molar-refractivity contribution in [2.24, 2.45) is 5.73 Å². The number of nitrogens with two attached hydrogens (primary N) is 1. The molecule has 0 aromatic carbocycles. The molecule has 1 atom stereocenters. The van der Waals surface area contributed by atoms with E-state index in [2.05, 4.69) is 0 Å². The van der Waals surface area contributed by atoms with Crippen LogP contribution in [-0.4, -0.2) is 90.7 Å². The molecule has 0 spiro atoms. The molecule has 0 aliphatic rings. The molecule has 206 valence electrons. The van der Waals surface area contributed by atoms with Crippen LogP contribution >= 0.6 is 0 Å². The maximum atomic E-state index is 7.56. The van der Waals surface area contributed by atoms with Gasteiger partial charge in [-0.1, -0.05) is 6.92 Å². The molecule has 0 bridgehead atoms. The van der Waals surface area contributed by atoms with Gasteiger partial charge >= 0.3 is 26.4 Å². The molecule has 0 saturated heterocycles. The van der Waals surface area contributed by atoms with E-state index in [4.69, 9.17) is 45.6 Å². The molecule has 1 unspecified atom stereocenters. The Morgan fingerprint density at radius 2 is 0.676 bits per heavy atom. The molecule has 0 aliphatic carbocycles. The predicted octanol–water partition coefficient (Wildman–Crippen LogP) is 3.30. The minimum atomic E-state index is -3.80. The molecule has 0 fully saturated rings. The highest BCUT2D eigenvalue weighted by atomic mass is 28.5. The lowest BCUT2D eigenvalue weighted by Crippen LogP contribution is -2.87. The zero-order valence-corrected chi connectivity index (χ0v) is 26.2. The highest BCUT2D eigenvalue weighted by Crippen LogP contribution is 2.47. The van der Waals surface area contributed by atoms with Crippen LogP contribution < -0.4 is 5.73 Å². The summed E-state index contributed by atoms with van der Waals surface area (Å²) in [6, 6.07) is 0. The van der Waals surface area contributed by atoms with Crippen molar-refractivity contribution in [3.8, 4) is 0 Å². The van der Waals surface area contributed by atoms with Crippen molar-refractivity contribution in [2.75, 3.05) is 59.5 Å². The summed E-state index contributed by atoms with van der Waals surface area (Å²) in [6.45, 7) is 22.0. The van der Waals surface area contributed by atoms with E-state index < -0.39 is 36.7 Å². The van der Waals surface area contributed by atoms with Crippen LogP contribution in [0.5, 0.6) is 0 Å². The van der Waals surface area contributed by atoms with E-state index in [1.54, 1.807) is 0 Å². The molecule has 10 nitrogen and oxygen atoms in total. The maximum absolute atomic E-state index is 7.56. The van der Waals surface area contributed by atoms with Gasteiger partial charge in [-0.25, -0.2) is 0 Å². The van der Waals surface area contributed by atoms with Crippen LogP contribution in [0.3, 0.4) is 0 Å². The molecule has 0 saturated carbocycles. The van der Waals surface area contributed by atoms with Gasteiger partial charge in [-0.15, -0.1) is 0 Å². The minimum Gasteiger partial charge on any atom is -0.374 e. The predicted molar refractivity (Wildman–Crippen MR) is 138 cm³/mol. The van der Waals surface area contributed by atoms with Gasteiger partial charge in [-0.05, 0) is 62.3 Å². The van der Waals surface area contributed by atoms with Crippen LogP contribution in [0.1, 0.15) is 69.2 Å². The first-order chi connectivity index (χ1) is 16.2. The number of hydrogen-bond donors (Lipinski definition) is 1. The summed E-state index contributed by atoms with van der Waals surface area (Å²) < 4.78 is 57.3. The molecule has 0 aliphatic heterocycles. The molecule has 0 aromatic rings. The van der Waals surface area contributed by atoms with Gasteiger partial charge in [-0.3, -0.25) is 0 Å². The normalized spacial score (nSPS) is 14.6. The zero-order chi connectivity index (χ0) is 26.3. The largest absolute Gasteiger partial charge is 0.526 e. The molecular weight excluding hydrogens is 494 g/mol. The summed E-state index contributed by atoms with van der Waals surface area (Å²) in [5.41, 5.74) is 6.96. The molecule has 0 heterocycles. The van der Waals surface area contributed by atoms with Crippen LogP contribution in [0, 0.1) is 0 Å². The quantitative estimate of drug-likeness (QED) is 0.204. The maximum Gasteiger partial charge on any atom is 0.526 e. The van der Waals surface area contributed by atoms with Gasteiger partial charge < -0.3 is 45.6 Å². The Morgan fingerprint density at radius 3 is 0.853 bits per heavy atom. The first kappa shape index (κ1) is 34.3. The second kappa shape index (κ2) is 16.9. The first-order valence-corrected chi connectivity index (χ1v) is 18.0. The van der Waals surface area contributed by atoms with Crippen LogP contribution in [-0.2, 0) is 39.8 Å². The van der Waals surface area contributed by atoms with Gasteiger partial charge in [0.25, 0.3) is 0 Å². The van der Waals surface area contributed by atoms with Gasteiger partial charge in [-0.2, -0.15) is 0 Å². The minimum absolute atomic E-state index is 0.319. The summed E-state index contributed by atoms with van der Waals surface area (Å²) in [6.07, 6.45) is 0. The van der Waals surface area contributed by atoms with Crippen molar-refractivity contribution in [3.05, 3.63) is 0 Å². The third kappa shape index (κ3) is 7.18. The van der Waals surface area contributed by atoms with Crippen molar-refractivity contribution in [1.82, 2.24) is 0 Å². The fourth-order valence-corrected chi connectivity index (χ4v) is 17.2. The van der Waals surface area contributed by atoms with E-state index in [0.717, 1.165) is 0 Å². The van der Waals surface area contributed by atoms with Crippen molar-refractivity contribution in [2.45, 2.75) is 79.6 Å². The van der Waals surface area contributed by atoms with E-state index in [1.165, 1.54) is 0 Å². The zero-order valence-electron chi connectivity index (χ0n) is 23.2. The van der Waals surface area contributed by atoms with E-state index in [9.17, 15) is 0 Å². The Morgan fingerprint density at radius 1 is 0.471 bits per heavy atom. The van der Waals surface area contributed by atoms with Gasteiger partial charge in [0, 0.05) is 59.5 Å². The van der Waals surface area contributed by atoms with E-state index in [0.29, 0.717) is 59.5 Å². The highest BCUT2D eigenvalue weighted by molar-refractivity contribution is 6.88. The standard InChI is InChI=1S/C21H51NO9Si3/c1-11-23-32(24-12-2,25-13-3)20(10)21(22,33(26-14-4,27-15-5)28-16-6)34(29-17-7,30-18-8)31-19-9/h20H,11-19,22H2,1-10H3. The van der Waals surface area contributed by atoms with Gasteiger partial charge in [0.1, 0.15) is 0 Å². The Labute approximate surface area is 211 Å². The lowest BCUT2D eigenvalue weighted by atomic mass is 10.5. The van der Waals surface area contributed by atoms with E-state index in [-0.39, 0.29) is 0 Å². The third-order valence-electron chi connectivity index (χ3n) is 5.27. The average Bonchev–Trinajstić information content (AvgIpc) is 2.79. The Hall–Kier alpha value is 0.251. The molecule has 34 heavy (non-hydrogen) atoms. The Balaban J connectivity index is 7.57. The molecule has 13 heteroatoms. The topological polar surface area (TPSA) is 109 Å². The van der Waals surface area contributed by atoms with E-state index in [1.807, 2.05) is 69.2 Å². The summed E-state index contributed by atoms with van der Waals surface area (Å²) in [5.74, 6) is 0. The summed E-state index contributed by atoms with van der Waals surface area (Å²) in [7, 11) is -11.1.